The van der Waals surface area contributed by atoms with Gasteiger partial charge in [-0.25, -0.2) is 0 Å². The summed E-state index contributed by atoms with van der Waals surface area (Å²) < 4.78 is 0. The van der Waals surface area contributed by atoms with E-state index in [2.05, 4.69) is 0 Å². The minimum atomic E-state index is -1.15. The van der Waals surface area contributed by atoms with E-state index in [0.717, 1.165) is 25.7 Å². The van der Waals surface area contributed by atoms with Crippen molar-refractivity contribution in [3.05, 3.63) is 0 Å². The molecule has 2 rings (SSSR count). The number of Topliss-reactive ketones (excluding diaryl/α,β-unsaturated/α-hetero) is 1. The predicted octanol–water partition coefficient (Wildman–Crippen LogP) is 1.02. The number of ketones is 1. The molecule has 3 atom stereocenters. The highest BCUT2D eigenvalue weighted by molar-refractivity contribution is 5.85. The van der Waals surface area contributed by atoms with E-state index in [1.54, 1.807) is 0 Å². The van der Waals surface area contributed by atoms with Crippen molar-refractivity contribution in [1.82, 2.24) is 0 Å². The molecule has 2 aliphatic rings. The smallest absolute Gasteiger partial charge is 0.164 e. The second kappa shape index (κ2) is 3.04. The number of rotatable bonds is 0. The van der Waals surface area contributed by atoms with Gasteiger partial charge in [-0.15, -0.1) is 0 Å². The van der Waals surface area contributed by atoms with Crippen LogP contribution in [0.25, 0.3) is 0 Å². The molecule has 0 aliphatic heterocycles. The van der Waals surface area contributed by atoms with Crippen molar-refractivity contribution >= 4 is 5.78 Å². The molecule has 0 saturated heterocycles. The number of aliphatic hydroxyl groups is 2. The lowest BCUT2D eigenvalue weighted by Crippen LogP contribution is -2.62. The summed E-state index contributed by atoms with van der Waals surface area (Å²) in [4.78, 5) is 11.4. The molecule has 2 fully saturated rings. The summed E-state index contributed by atoms with van der Waals surface area (Å²) in [6, 6.07) is 0. The molecular weight excluding hydrogens is 180 g/mol. The molecule has 3 nitrogen and oxygen atoms in total. The highest BCUT2D eigenvalue weighted by Gasteiger charge is 2.57. The van der Waals surface area contributed by atoms with E-state index in [4.69, 9.17) is 0 Å². The largest absolute Gasteiger partial charge is 0.386 e. The second-order valence-corrected chi connectivity index (χ2v) is 5.06. The van der Waals surface area contributed by atoms with Crippen LogP contribution in [0.2, 0.25) is 0 Å². The van der Waals surface area contributed by atoms with Crippen LogP contribution in [0.5, 0.6) is 0 Å². The molecule has 14 heavy (non-hydrogen) atoms. The van der Waals surface area contributed by atoms with Crippen LogP contribution in [0.15, 0.2) is 0 Å². The maximum Gasteiger partial charge on any atom is 0.164 e. The molecular formula is C11H18O3. The molecule has 3 unspecified atom stereocenters. The van der Waals surface area contributed by atoms with E-state index >= 15 is 0 Å². The summed E-state index contributed by atoms with van der Waals surface area (Å²) in [7, 11) is 0. The Morgan fingerprint density at radius 2 is 1.93 bits per heavy atom. The van der Waals surface area contributed by atoms with Crippen LogP contribution in [-0.4, -0.2) is 27.7 Å². The second-order valence-electron chi connectivity index (χ2n) is 5.06. The van der Waals surface area contributed by atoms with Crippen LogP contribution >= 0.6 is 0 Å². The van der Waals surface area contributed by atoms with Crippen molar-refractivity contribution in [3.8, 4) is 0 Å². The van der Waals surface area contributed by atoms with Gasteiger partial charge in [-0.3, -0.25) is 4.79 Å². The van der Waals surface area contributed by atoms with Crippen molar-refractivity contribution in [1.29, 1.82) is 0 Å². The van der Waals surface area contributed by atoms with Gasteiger partial charge in [0.25, 0.3) is 0 Å². The lowest BCUT2D eigenvalue weighted by atomic mass is 9.56. The SMILES string of the molecule is CC12CCCCC1(O)C(O)C(=O)CC2. The van der Waals surface area contributed by atoms with E-state index in [-0.39, 0.29) is 11.2 Å². The first-order chi connectivity index (χ1) is 6.50. The number of hydrogen-bond donors (Lipinski definition) is 2. The van der Waals surface area contributed by atoms with Gasteiger partial charge in [0.2, 0.25) is 0 Å². The average Bonchev–Trinajstić information content (AvgIpc) is 2.16. The highest BCUT2D eigenvalue weighted by atomic mass is 16.3. The summed E-state index contributed by atoms with van der Waals surface area (Å²) in [5.74, 6) is -0.188. The summed E-state index contributed by atoms with van der Waals surface area (Å²) >= 11 is 0. The van der Waals surface area contributed by atoms with Crippen LogP contribution < -0.4 is 0 Å². The molecule has 0 spiro atoms. The molecule has 0 radical (unpaired) electrons. The van der Waals surface area contributed by atoms with Gasteiger partial charge in [-0.05, 0) is 24.7 Å². The maximum atomic E-state index is 11.4. The lowest BCUT2D eigenvalue weighted by molar-refractivity contribution is -0.197. The summed E-state index contributed by atoms with van der Waals surface area (Å²) in [5.41, 5.74) is -1.40. The first-order valence-electron chi connectivity index (χ1n) is 5.43. The number of aliphatic hydroxyl groups excluding tert-OH is 1. The fourth-order valence-corrected chi connectivity index (χ4v) is 3.04. The first kappa shape index (κ1) is 10.1. The minimum Gasteiger partial charge on any atom is -0.386 e. The molecule has 0 amide bonds. The third kappa shape index (κ3) is 1.15. The lowest BCUT2D eigenvalue weighted by Gasteiger charge is -2.53. The molecule has 0 aromatic carbocycles. The quantitative estimate of drug-likeness (QED) is 0.611. The number of carbonyl (C=O) groups is 1. The van der Waals surface area contributed by atoms with Crippen LogP contribution in [-0.2, 0) is 4.79 Å². The first-order valence-corrected chi connectivity index (χ1v) is 5.43. The van der Waals surface area contributed by atoms with Crippen molar-refractivity contribution in [3.63, 3.8) is 0 Å². The van der Waals surface area contributed by atoms with E-state index < -0.39 is 11.7 Å². The van der Waals surface area contributed by atoms with Crippen molar-refractivity contribution in [2.75, 3.05) is 0 Å². The summed E-state index contributed by atoms with van der Waals surface area (Å²) in [6.07, 6.45) is 3.49. The van der Waals surface area contributed by atoms with Gasteiger partial charge in [-0.2, -0.15) is 0 Å². The Morgan fingerprint density at radius 3 is 2.64 bits per heavy atom. The minimum absolute atomic E-state index is 0.188. The fraction of sp³-hybridized carbons (Fsp3) is 0.909. The standard InChI is InChI=1S/C11H18O3/c1-10-5-2-3-6-11(10,14)9(13)8(12)4-7-10/h9,13-14H,2-7H2,1H3. The Labute approximate surface area is 84.1 Å². The molecule has 2 N–H and O–H groups in total. The van der Waals surface area contributed by atoms with Gasteiger partial charge < -0.3 is 10.2 Å². The monoisotopic (exact) mass is 198 g/mol. The van der Waals surface area contributed by atoms with Crippen molar-refractivity contribution in [2.45, 2.75) is 57.2 Å². The van der Waals surface area contributed by atoms with Crippen LogP contribution in [0.1, 0.15) is 45.4 Å². The Hall–Kier alpha value is -0.410. The molecule has 0 aromatic rings. The number of fused-ring (bicyclic) bond motifs is 1. The Kier molecular flexibility index (Phi) is 2.20. The van der Waals surface area contributed by atoms with Crippen LogP contribution in [0.4, 0.5) is 0 Å². The molecule has 2 aliphatic carbocycles. The molecule has 0 aromatic heterocycles. The third-order valence-corrected chi connectivity index (χ3v) is 4.26. The van der Waals surface area contributed by atoms with Gasteiger partial charge in [-0.1, -0.05) is 19.8 Å². The Morgan fingerprint density at radius 1 is 1.29 bits per heavy atom. The molecule has 0 bridgehead atoms. The van der Waals surface area contributed by atoms with Crippen molar-refractivity contribution < 1.29 is 15.0 Å². The Bertz CT molecular complexity index is 263. The van der Waals surface area contributed by atoms with Gasteiger partial charge in [0.15, 0.2) is 5.78 Å². The van der Waals surface area contributed by atoms with E-state index in [1.165, 1.54) is 0 Å². The van der Waals surface area contributed by atoms with Crippen LogP contribution in [0.3, 0.4) is 0 Å². The molecule has 80 valence electrons. The van der Waals surface area contributed by atoms with Gasteiger partial charge >= 0.3 is 0 Å². The normalized spacial score (nSPS) is 48.8. The highest BCUT2D eigenvalue weighted by Crippen LogP contribution is 2.51. The zero-order valence-corrected chi connectivity index (χ0v) is 8.62. The topological polar surface area (TPSA) is 57.5 Å². The predicted molar refractivity (Wildman–Crippen MR) is 51.8 cm³/mol. The molecule has 3 heteroatoms. The summed E-state index contributed by atoms with van der Waals surface area (Å²) in [5, 5.41) is 20.2. The number of hydrogen-bond acceptors (Lipinski definition) is 3. The molecule has 2 saturated carbocycles. The zero-order chi connectivity index (χ0) is 10.4. The van der Waals surface area contributed by atoms with Gasteiger partial charge in [0.1, 0.15) is 11.7 Å². The molecule has 0 heterocycles. The zero-order valence-electron chi connectivity index (χ0n) is 8.62. The average molecular weight is 198 g/mol. The van der Waals surface area contributed by atoms with Crippen molar-refractivity contribution in [2.24, 2.45) is 5.41 Å². The van der Waals surface area contributed by atoms with Gasteiger partial charge in [0, 0.05) is 6.42 Å². The van der Waals surface area contributed by atoms with E-state index in [1.807, 2.05) is 6.92 Å². The maximum absolute atomic E-state index is 11.4. The van der Waals surface area contributed by atoms with E-state index in [0.29, 0.717) is 12.8 Å². The third-order valence-electron chi connectivity index (χ3n) is 4.26. The fourth-order valence-electron chi connectivity index (χ4n) is 3.04. The number of carbonyl (C=O) groups excluding carboxylic acids is 1. The Balaban J connectivity index is 2.34. The van der Waals surface area contributed by atoms with Gasteiger partial charge in [0.05, 0.1) is 0 Å². The van der Waals surface area contributed by atoms with Crippen LogP contribution in [0, 0.1) is 5.41 Å². The summed E-state index contributed by atoms with van der Waals surface area (Å²) in [6.45, 7) is 2.00. The van der Waals surface area contributed by atoms with E-state index in [9.17, 15) is 15.0 Å².